The van der Waals surface area contributed by atoms with E-state index in [1.54, 1.807) is 6.07 Å². The lowest BCUT2D eigenvalue weighted by Crippen LogP contribution is -2.49. The van der Waals surface area contributed by atoms with Gasteiger partial charge in [-0.2, -0.15) is 15.2 Å². The molecule has 3 aliphatic rings. The summed E-state index contributed by atoms with van der Waals surface area (Å²) in [6.45, 7) is 13.3. The molecule has 6 rings (SSSR count). The van der Waals surface area contributed by atoms with Gasteiger partial charge in [0, 0.05) is 88.0 Å². The summed E-state index contributed by atoms with van der Waals surface area (Å²) < 4.78 is 6.36. The molecule has 1 amide bonds. The number of anilines is 2. The van der Waals surface area contributed by atoms with Crippen LogP contribution >= 0.6 is 0 Å². The number of aromatic nitrogens is 2. The predicted molar refractivity (Wildman–Crippen MR) is 183 cm³/mol. The molecule has 2 aromatic carbocycles. The molecular weight excluding hydrogens is 594 g/mol. The number of nitriles is 1. The number of aryl methyl sites for hydroxylation is 1. The largest absolute Gasteiger partial charge is 0.462 e. The molecule has 1 aromatic heterocycles. The summed E-state index contributed by atoms with van der Waals surface area (Å²) in [5.74, 6) is 0.719. The lowest BCUT2D eigenvalue weighted by molar-refractivity contribution is -0.126. The van der Waals surface area contributed by atoms with E-state index in [0.717, 1.165) is 49.4 Å². The van der Waals surface area contributed by atoms with Gasteiger partial charge in [0.1, 0.15) is 12.4 Å². The smallest absolute Gasteiger partial charge is 0.318 e. The number of nitrogens with zero attached hydrogens (tertiary/aromatic N) is 7. The Kier molecular flexibility index (Phi) is 11.6. The van der Waals surface area contributed by atoms with Gasteiger partial charge in [-0.15, -0.1) is 0 Å². The number of carbonyl (C=O) groups excluding carboxylic acids is 1. The van der Waals surface area contributed by atoms with Crippen LogP contribution in [0.4, 0.5) is 11.5 Å². The van der Waals surface area contributed by atoms with Gasteiger partial charge in [-0.1, -0.05) is 36.9 Å². The van der Waals surface area contributed by atoms with Gasteiger partial charge in [0.25, 0.3) is 0 Å². The SMILES string of the molecule is C=CC(=O)N1CCN(c2nc(OCC3CCCN3CC(CO)CO)nc3c2CCN(c2cccc4cccc(C)c24)C3)CC1.CC#N. The molecule has 3 aromatic rings. The first-order chi connectivity index (χ1) is 22.9. The topological polar surface area (TPSA) is 129 Å². The zero-order valence-corrected chi connectivity index (χ0v) is 27.6. The molecule has 3 aliphatic heterocycles. The number of hydrogen-bond donors (Lipinski definition) is 2. The Morgan fingerprint density at radius 2 is 1.81 bits per heavy atom. The number of likely N-dealkylation sites (tertiary alicyclic amines) is 1. The molecular formula is C36H47N7O4. The quantitative estimate of drug-likeness (QED) is 0.318. The lowest BCUT2D eigenvalue weighted by atomic mass is 9.99. The Morgan fingerprint density at radius 1 is 1.09 bits per heavy atom. The number of benzene rings is 2. The van der Waals surface area contributed by atoms with E-state index in [0.29, 0.717) is 51.9 Å². The average molecular weight is 642 g/mol. The molecule has 47 heavy (non-hydrogen) atoms. The summed E-state index contributed by atoms with van der Waals surface area (Å²) in [5.41, 5.74) is 4.61. The number of carbonyl (C=O) groups is 1. The fraction of sp³-hybridized carbons (Fsp3) is 0.500. The van der Waals surface area contributed by atoms with Crippen molar-refractivity contribution in [2.24, 2.45) is 5.92 Å². The van der Waals surface area contributed by atoms with Crippen molar-refractivity contribution < 1.29 is 19.7 Å². The van der Waals surface area contributed by atoms with E-state index < -0.39 is 0 Å². The van der Waals surface area contributed by atoms with Crippen molar-refractivity contribution in [3.8, 4) is 12.1 Å². The molecule has 250 valence electrons. The van der Waals surface area contributed by atoms with E-state index >= 15 is 0 Å². The fourth-order valence-electron chi connectivity index (χ4n) is 6.96. The Labute approximate surface area is 277 Å². The molecule has 0 saturated carbocycles. The lowest BCUT2D eigenvalue weighted by Gasteiger charge is -2.38. The normalized spacial score (nSPS) is 18.0. The highest BCUT2D eigenvalue weighted by Gasteiger charge is 2.31. The second-order valence-electron chi connectivity index (χ2n) is 12.4. The maximum absolute atomic E-state index is 12.2. The van der Waals surface area contributed by atoms with E-state index in [1.165, 1.54) is 35.0 Å². The number of ether oxygens (including phenoxy) is 1. The highest BCUT2D eigenvalue weighted by Crippen LogP contribution is 2.35. The Balaban J connectivity index is 0.00000139. The molecule has 11 nitrogen and oxygen atoms in total. The number of aliphatic hydroxyl groups excluding tert-OH is 2. The van der Waals surface area contributed by atoms with Crippen LogP contribution in [-0.4, -0.2) is 108 Å². The van der Waals surface area contributed by atoms with Crippen LogP contribution in [0.2, 0.25) is 0 Å². The molecule has 4 heterocycles. The van der Waals surface area contributed by atoms with Crippen molar-refractivity contribution in [2.45, 2.75) is 45.7 Å². The molecule has 0 aliphatic carbocycles. The summed E-state index contributed by atoms with van der Waals surface area (Å²) in [7, 11) is 0. The van der Waals surface area contributed by atoms with E-state index in [4.69, 9.17) is 20.0 Å². The molecule has 0 radical (unpaired) electrons. The first-order valence-electron chi connectivity index (χ1n) is 16.6. The first kappa shape index (κ1) is 34.1. The number of aliphatic hydroxyl groups is 2. The van der Waals surface area contributed by atoms with Crippen LogP contribution in [0.1, 0.15) is 36.6 Å². The zero-order valence-electron chi connectivity index (χ0n) is 27.6. The van der Waals surface area contributed by atoms with Gasteiger partial charge in [0.2, 0.25) is 5.91 Å². The number of piperazine rings is 1. The van der Waals surface area contributed by atoms with Crippen LogP contribution < -0.4 is 14.5 Å². The average Bonchev–Trinajstić information content (AvgIpc) is 3.55. The highest BCUT2D eigenvalue weighted by atomic mass is 16.5. The van der Waals surface area contributed by atoms with Crippen LogP contribution in [0.15, 0.2) is 49.1 Å². The third-order valence-electron chi connectivity index (χ3n) is 9.43. The van der Waals surface area contributed by atoms with Crippen LogP contribution in [0, 0.1) is 24.2 Å². The molecule has 0 bridgehead atoms. The second-order valence-corrected chi connectivity index (χ2v) is 12.4. The minimum atomic E-state index is -0.155. The summed E-state index contributed by atoms with van der Waals surface area (Å²) >= 11 is 0. The minimum Gasteiger partial charge on any atom is -0.462 e. The van der Waals surface area contributed by atoms with Crippen LogP contribution in [0.3, 0.4) is 0 Å². The molecule has 2 fully saturated rings. The van der Waals surface area contributed by atoms with E-state index in [2.05, 4.69) is 64.6 Å². The summed E-state index contributed by atoms with van der Waals surface area (Å²) in [6, 6.07) is 15.3. The van der Waals surface area contributed by atoms with Crippen molar-refractivity contribution in [3.05, 3.63) is 65.9 Å². The number of hydrogen-bond acceptors (Lipinski definition) is 10. The monoisotopic (exact) mass is 641 g/mol. The third-order valence-corrected chi connectivity index (χ3v) is 9.43. The fourth-order valence-corrected chi connectivity index (χ4v) is 6.96. The van der Waals surface area contributed by atoms with Gasteiger partial charge in [-0.25, -0.2) is 0 Å². The predicted octanol–water partition coefficient (Wildman–Crippen LogP) is 3.31. The molecule has 1 atom stereocenters. The van der Waals surface area contributed by atoms with E-state index in [1.807, 2.05) is 4.90 Å². The van der Waals surface area contributed by atoms with Crippen LogP contribution in [0.25, 0.3) is 10.8 Å². The standard InChI is InChI=1S/C34H44N6O4.C2H3N/c1-3-31(43)37-15-17-38(18-16-37)33-28-12-14-40(30-11-5-9-26-8-4-7-24(2)32(26)30)20-29(28)35-34(36-33)44-23-27-10-6-13-39(27)19-25(21-41)22-42;1-2-3/h3-5,7-9,11,25,27,41-42H,1,6,10,12-23H2,2H3;1H3. The maximum atomic E-state index is 12.2. The summed E-state index contributed by atoms with van der Waals surface area (Å²) in [6.07, 6.45) is 4.25. The van der Waals surface area contributed by atoms with Gasteiger partial charge >= 0.3 is 6.01 Å². The minimum absolute atomic E-state index is 0.0315. The zero-order chi connectivity index (χ0) is 33.3. The van der Waals surface area contributed by atoms with E-state index in [9.17, 15) is 15.0 Å². The molecule has 1 unspecified atom stereocenters. The van der Waals surface area contributed by atoms with Crippen molar-refractivity contribution in [3.63, 3.8) is 0 Å². The van der Waals surface area contributed by atoms with Gasteiger partial charge < -0.3 is 29.6 Å². The van der Waals surface area contributed by atoms with Crippen LogP contribution in [-0.2, 0) is 17.8 Å². The van der Waals surface area contributed by atoms with Crippen LogP contribution in [0.5, 0.6) is 6.01 Å². The van der Waals surface area contributed by atoms with Crippen molar-refractivity contribution >= 4 is 28.2 Å². The van der Waals surface area contributed by atoms with Crippen molar-refractivity contribution in [2.75, 3.05) is 75.4 Å². The number of amides is 1. The molecule has 2 saturated heterocycles. The van der Waals surface area contributed by atoms with E-state index in [-0.39, 0.29) is 31.1 Å². The third kappa shape index (κ3) is 7.84. The number of fused-ring (bicyclic) bond motifs is 2. The Morgan fingerprint density at radius 3 is 2.51 bits per heavy atom. The van der Waals surface area contributed by atoms with Gasteiger partial charge in [-0.05, 0) is 55.8 Å². The van der Waals surface area contributed by atoms with Crippen molar-refractivity contribution in [1.82, 2.24) is 19.8 Å². The molecule has 11 heteroatoms. The Bertz CT molecular complexity index is 1570. The maximum Gasteiger partial charge on any atom is 0.318 e. The molecule has 0 spiro atoms. The summed E-state index contributed by atoms with van der Waals surface area (Å²) in [5, 5.41) is 29.1. The Hall–Kier alpha value is -4.24. The van der Waals surface area contributed by atoms with Gasteiger partial charge in [0.05, 0.1) is 18.3 Å². The van der Waals surface area contributed by atoms with Crippen molar-refractivity contribution in [1.29, 1.82) is 5.26 Å². The van der Waals surface area contributed by atoms with Gasteiger partial charge in [-0.3, -0.25) is 9.69 Å². The second kappa shape index (κ2) is 16.0. The highest BCUT2D eigenvalue weighted by molar-refractivity contribution is 5.97. The van der Waals surface area contributed by atoms with Gasteiger partial charge in [0.15, 0.2) is 0 Å². The first-order valence-corrected chi connectivity index (χ1v) is 16.6. The molecule has 2 N–H and O–H groups in total. The summed E-state index contributed by atoms with van der Waals surface area (Å²) in [4.78, 5) is 31.1. The number of rotatable bonds is 10.